The topological polar surface area (TPSA) is 85.8 Å². The maximum atomic E-state index is 12.7. The minimum Gasteiger partial charge on any atom is -0.344 e. The van der Waals surface area contributed by atoms with Crippen LogP contribution in [-0.2, 0) is 19.3 Å². The summed E-state index contributed by atoms with van der Waals surface area (Å²) in [4.78, 5) is 16.0. The van der Waals surface area contributed by atoms with E-state index in [2.05, 4.69) is 43.1 Å². The van der Waals surface area contributed by atoms with Crippen LogP contribution in [0.5, 0.6) is 0 Å². The van der Waals surface area contributed by atoms with Crippen molar-refractivity contribution in [3.05, 3.63) is 63.1 Å². The van der Waals surface area contributed by atoms with Crippen molar-refractivity contribution in [2.24, 2.45) is 0 Å². The lowest BCUT2D eigenvalue weighted by atomic mass is 10.1. The number of hydrogen-bond acceptors (Lipinski definition) is 5. The monoisotopic (exact) mass is 477 g/mol. The van der Waals surface area contributed by atoms with Gasteiger partial charge in [0, 0.05) is 12.7 Å². The van der Waals surface area contributed by atoms with Gasteiger partial charge in [-0.1, -0.05) is 17.3 Å². The van der Waals surface area contributed by atoms with E-state index in [0.717, 1.165) is 15.7 Å². The zero-order valence-corrected chi connectivity index (χ0v) is 15.2. The molecule has 0 unspecified atom stereocenters. The highest BCUT2D eigenvalue weighted by Gasteiger charge is 2.30. The lowest BCUT2D eigenvalue weighted by Gasteiger charge is -2.08. The molecule has 0 bridgehead atoms. The second kappa shape index (κ2) is 7.43. The molecule has 0 spiro atoms. The molecule has 1 aromatic carbocycles. The van der Waals surface area contributed by atoms with Gasteiger partial charge in [0.1, 0.15) is 6.54 Å². The first kappa shape index (κ1) is 18.4. The SMILES string of the molecule is O=C(NCc1cccc(C(F)(F)F)c1)c1nc(Cn2cc(I)cn2)no1. The Hall–Kier alpha value is -2.44. The predicted octanol–water partition coefficient (Wildman–Crippen LogP) is 2.87. The third kappa shape index (κ3) is 4.59. The third-order valence-corrected chi connectivity index (χ3v) is 3.83. The number of carbonyl (C=O) groups excluding carboxylic acids is 1. The first-order valence-corrected chi connectivity index (χ1v) is 8.34. The number of halogens is 4. The van der Waals surface area contributed by atoms with Gasteiger partial charge in [-0.15, -0.1) is 0 Å². The van der Waals surface area contributed by atoms with Crippen molar-refractivity contribution in [3.63, 3.8) is 0 Å². The van der Waals surface area contributed by atoms with Crippen LogP contribution in [0.25, 0.3) is 0 Å². The van der Waals surface area contributed by atoms with Gasteiger partial charge >= 0.3 is 18.0 Å². The van der Waals surface area contributed by atoms with Crippen LogP contribution in [0.3, 0.4) is 0 Å². The van der Waals surface area contributed by atoms with Crippen molar-refractivity contribution in [1.29, 1.82) is 0 Å². The van der Waals surface area contributed by atoms with Gasteiger partial charge < -0.3 is 9.84 Å². The van der Waals surface area contributed by atoms with Crippen LogP contribution < -0.4 is 5.32 Å². The summed E-state index contributed by atoms with van der Waals surface area (Å²) in [6, 6.07) is 4.69. The van der Waals surface area contributed by atoms with Crippen molar-refractivity contribution in [2.45, 2.75) is 19.3 Å². The Labute approximate surface area is 158 Å². The molecular formula is C15H11F3IN5O2. The summed E-state index contributed by atoms with van der Waals surface area (Å²) < 4.78 is 45.5. The van der Waals surface area contributed by atoms with Gasteiger partial charge in [-0.25, -0.2) is 0 Å². The summed E-state index contributed by atoms with van der Waals surface area (Å²) >= 11 is 2.10. The summed E-state index contributed by atoms with van der Waals surface area (Å²) in [6.45, 7) is 0.130. The molecule has 0 aliphatic heterocycles. The van der Waals surface area contributed by atoms with Gasteiger partial charge in [0.05, 0.1) is 15.3 Å². The molecule has 3 rings (SSSR count). The highest BCUT2D eigenvalue weighted by molar-refractivity contribution is 14.1. The molecule has 1 N–H and O–H groups in total. The molecule has 2 heterocycles. The number of hydrogen-bond donors (Lipinski definition) is 1. The van der Waals surface area contributed by atoms with Crippen molar-refractivity contribution in [1.82, 2.24) is 25.2 Å². The fraction of sp³-hybridized carbons (Fsp3) is 0.200. The van der Waals surface area contributed by atoms with Crippen LogP contribution in [0.4, 0.5) is 13.2 Å². The third-order valence-electron chi connectivity index (χ3n) is 3.27. The average molecular weight is 477 g/mol. The molecule has 0 radical (unpaired) electrons. The van der Waals surface area contributed by atoms with E-state index >= 15 is 0 Å². The highest BCUT2D eigenvalue weighted by Crippen LogP contribution is 2.29. The molecule has 0 saturated carbocycles. The van der Waals surface area contributed by atoms with E-state index in [4.69, 9.17) is 4.52 Å². The Bertz CT molecular complexity index is 922. The molecule has 3 aromatic rings. The largest absolute Gasteiger partial charge is 0.416 e. The van der Waals surface area contributed by atoms with Gasteiger partial charge in [-0.3, -0.25) is 9.48 Å². The Morgan fingerprint density at radius 1 is 1.35 bits per heavy atom. The van der Waals surface area contributed by atoms with Crippen molar-refractivity contribution >= 4 is 28.5 Å². The second-order valence-electron chi connectivity index (χ2n) is 5.25. The van der Waals surface area contributed by atoms with E-state index in [1.54, 1.807) is 17.1 Å². The van der Waals surface area contributed by atoms with Crippen LogP contribution in [0.1, 0.15) is 27.6 Å². The number of alkyl halides is 3. The number of rotatable bonds is 5. The fourth-order valence-electron chi connectivity index (χ4n) is 2.10. The first-order chi connectivity index (χ1) is 12.3. The number of nitrogens with zero attached hydrogens (tertiary/aromatic N) is 4. The number of carbonyl (C=O) groups is 1. The van der Waals surface area contributed by atoms with E-state index in [1.807, 2.05) is 0 Å². The molecule has 0 aliphatic rings. The van der Waals surface area contributed by atoms with Crippen molar-refractivity contribution in [3.8, 4) is 0 Å². The molecule has 2 aromatic heterocycles. The zero-order valence-electron chi connectivity index (χ0n) is 13.0. The number of nitrogens with one attached hydrogen (secondary N) is 1. The maximum Gasteiger partial charge on any atom is 0.416 e. The van der Waals surface area contributed by atoms with Crippen molar-refractivity contribution in [2.75, 3.05) is 0 Å². The van der Waals surface area contributed by atoms with Gasteiger partial charge in [-0.05, 0) is 40.3 Å². The second-order valence-corrected chi connectivity index (χ2v) is 6.50. The Balaban J connectivity index is 1.60. The minimum absolute atomic E-state index is 0.0994. The summed E-state index contributed by atoms with van der Waals surface area (Å²) in [7, 11) is 0. The average Bonchev–Trinajstić information content (AvgIpc) is 3.22. The van der Waals surface area contributed by atoms with E-state index in [9.17, 15) is 18.0 Å². The number of amides is 1. The van der Waals surface area contributed by atoms with Crippen molar-refractivity contribution < 1.29 is 22.5 Å². The standard InChI is InChI=1S/C15H11F3IN5O2/c16-15(17,18)10-3-1-2-9(4-10)5-20-13(25)14-22-12(23-26-14)8-24-7-11(19)6-21-24/h1-4,6-7H,5,8H2,(H,20,25). The molecule has 0 atom stereocenters. The number of benzene rings is 1. The number of aromatic nitrogens is 4. The summed E-state index contributed by atoms with van der Waals surface area (Å²) in [5.74, 6) is -0.682. The normalized spacial score (nSPS) is 11.5. The lowest BCUT2D eigenvalue weighted by Crippen LogP contribution is -2.23. The zero-order chi connectivity index (χ0) is 18.7. The van der Waals surface area contributed by atoms with Crippen LogP contribution in [0.2, 0.25) is 0 Å². The summed E-state index contributed by atoms with van der Waals surface area (Å²) in [5, 5.41) is 10.2. The predicted molar refractivity (Wildman–Crippen MR) is 91.0 cm³/mol. The quantitative estimate of drug-likeness (QED) is 0.572. The molecule has 7 nitrogen and oxygen atoms in total. The van der Waals surface area contributed by atoms with Gasteiger partial charge in [0.15, 0.2) is 5.82 Å². The van der Waals surface area contributed by atoms with Crippen LogP contribution in [-0.4, -0.2) is 25.8 Å². The van der Waals surface area contributed by atoms with Gasteiger partial charge in [0.25, 0.3) is 0 Å². The maximum absolute atomic E-state index is 12.7. The Morgan fingerprint density at radius 3 is 2.85 bits per heavy atom. The lowest BCUT2D eigenvalue weighted by molar-refractivity contribution is -0.137. The van der Waals surface area contributed by atoms with E-state index < -0.39 is 17.6 Å². The Morgan fingerprint density at radius 2 is 2.15 bits per heavy atom. The van der Waals surface area contributed by atoms with Crippen LogP contribution in [0, 0.1) is 3.57 Å². The molecule has 0 saturated heterocycles. The molecule has 0 fully saturated rings. The van der Waals surface area contributed by atoms with Crippen LogP contribution in [0.15, 0.2) is 41.2 Å². The minimum atomic E-state index is -4.44. The van der Waals surface area contributed by atoms with Crippen LogP contribution >= 0.6 is 22.6 Å². The van der Waals surface area contributed by atoms with E-state index in [1.165, 1.54) is 12.1 Å². The molecule has 0 aliphatic carbocycles. The Kier molecular flexibility index (Phi) is 5.25. The summed E-state index contributed by atoms with van der Waals surface area (Å²) in [5.41, 5.74) is -0.475. The smallest absolute Gasteiger partial charge is 0.344 e. The van der Waals surface area contributed by atoms with E-state index in [0.29, 0.717) is 5.56 Å². The fourth-order valence-corrected chi connectivity index (χ4v) is 2.54. The molecule has 136 valence electrons. The van der Waals surface area contributed by atoms with Gasteiger partial charge in [0.2, 0.25) is 0 Å². The molecule has 11 heteroatoms. The molecular weight excluding hydrogens is 466 g/mol. The van der Waals surface area contributed by atoms with Gasteiger partial charge in [-0.2, -0.15) is 23.3 Å². The van der Waals surface area contributed by atoms with E-state index in [-0.39, 0.29) is 24.8 Å². The molecule has 1 amide bonds. The molecule has 26 heavy (non-hydrogen) atoms. The highest BCUT2D eigenvalue weighted by atomic mass is 127. The first-order valence-electron chi connectivity index (χ1n) is 7.26. The summed E-state index contributed by atoms with van der Waals surface area (Å²) in [6.07, 6.45) is -1.01.